The van der Waals surface area contributed by atoms with Crippen molar-refractivity contribution < 1.29 is 64.1 Å². The van der Waals surface area contributed by atoms with Crippen molar-refractivity contribution in [1.82, 2.24) is 0 Å². The van der Waals surface area contributed by atoms with Gasteiger partial charge in [0.15, 0.2) is 0 Å². The van der Waals surface area contributed by atoms with Gasteiger partial charge in [0.2, 0.25) is 0 Å². The van der Waals surface area contributed by atoms with E-state index < -0.39 is 10.4 Å². The van der Waals surface area contributed by atoms with Crippen LogP contribution in [0.3, 0.4) is 0 Å². The maximum Gasteiger partial charge on any atom is 2.00 e. The Labute approximate surface area is 74.0 Å². The Morgan fingerprint density at radius 3 is 1.14 bits per heavy atom. The molecule has 0 aromatic heterocycles. The van der Waals surface area contributed by atoms with Gasteiger partial charge in [0.05, 0.1) is 0 Å². The average molecular weight is 174 g/mol. The van der Waals surface area contributed by atoms with Gasteiger partial charge < -0.3 is 9.11 Å². The summed E-state index contributed by atoms with van der Waals surface area (Å²) in [5.74, 6) is 0. The zero-order chi connectivity index (χ0) is 4.50. The van der Waals surface area contributed by atoms with E-state index >= 15 is 0 Å². The summed E-state index contributed by atoms with van der Waals surface area (Å²) in [4.78, 5) is 0. The predicted octanol–water partition coefficient (Wildman–Crippen LogP) is -4.34. The van der Waals surface area contributed by atoms with Crippen LogP contribution in [0, 0.1) is 0 Å². The molecule has 0 saturated carbocycles. The Morgan fingerprint density at radius 2 is 1.14 bits per heavy atom. The maximum atomic E-state index is 8.52. The molecule has 37 valence electrons. The van der Waals surface area contributed by atoms with Crippen LogP contribution in [0.1, 0.15) is 0 Å². The third-order valence-electron chi connectivity index (χ3n) is 0. The van der Waals surface area contributed by atoms with Crippen LogP contribution in [-0.2, 0) is 27.5 Å². The molecule has 1 radical (unpaired) electrons. The van der Waals surface area contributed by atoms with Gasteiger partial charge in [-0.25, -0.2) is 0 Å². The molecule has 0 rings (SSSR count). The second kappa shape index (κ2) is 5.52. The fourth-order valence-corrected chi connectivity index (χ4v) is 0. The summed E-state index contributed by atoms with van der Waals surface area (Å²) in [5.41, 5.74) is 0. The standard InChI is InChI=1S/Mn.Na.H2O4S/c;;1-5(2,3)4/h;;(H2,1,2,3,4)/q+2;+1;/p-2. The van der Waals surface area contributed by atoms with E-state index in [0.717, 1.165) is 0 Å². The van der Waals surface area contributed by atoms with E-state index in [4.69, 9.17) is 17.5 Å². The zero-order valence-electron chi connectivity index (χ0n) is 3.42. The number of rotatable bonds is 0. The van der Waals surface area contributed by atoms with Crippen molar-refractivity contribution in [3.8, 4) is 0 Å². The Morgan fingerprint density at radius 1 is 1.14 bits per heavy atom. The van der Waals surface area contributed by atoms with Gasteiger partial charge in [-0.15, -0.1) is 0 Å². The van der Waals surface area contributed by atoms with Gasteiger partial charge in [-0.3, -0.25) is 8.42 Å². The summed E-state index contributed by atoms with van der Waals surface area (Å²) < 4.78 is 34.1. The molecule has 0 aliphatic rings. The molecule has 0 aromatic rings. The third-order valence-corrected chi connectivity index (χ3v) is 0. The first kappa shape index (κ1) is 15.8. The summed E-state index contributed by atoms with van der Waals surface area (Å²) in [6.45, 7) is 0. The molecule has 0 unspecified atom stereocenters. The fraction of sp³-hybridized carbons (Fsp3) is 0. The topological polar surface area (TPSA) is 80.3 Å². The maximum absolute atomic E-state index is 8.52. The number of hydrogen-bond acceptors (Lipinski definition) is 4. The molecule has 0 saturated heterocycles. The van der Waals surface area contributed by atoms with Crippen LogP contribution in [0.2, 0.25) is 0 Å². The van der Waals surface area contributed by atoms with E-state index in [2.05, 4.69) is 0 Å². The fourth-order valence-electron chi connectivity index (χ4n) is 0. The molecule has 0 N–H and O–H groups in total. The van der Waals surface area contributed by atoms with Gasteiger partial charge in [0.25, 0.3) is 0 Å². The first-order chi connectivity index (χ1) is 2.00. The summed E-state index contributed by atoms with van der Waals surface area (Å²) in [6.07, 6.45) is 0. The molecule has 0 amide bonds. The van der Waals surface area contributed by atoms with E-state index in [9.17, 15) is 0 Å². The minimum Gasteiger partial charge on any atom is -0.759 e. The van der Waals surface area contributed by atoms with Crippen molar-refractivity contribution in [3.63, 3.8) is 0 Å². The van der Waals surface area contributed by atoms with E-state index in [1.165, 1.54) is 0 Å². The molecule has 7 heteroatoms. The van der Waals surface area contributed by atoms with Gasteiger partial charge in [-0.05, 0) is 0 Å². The molecule has 0 aliphatic carbocycles. The molecule has 0 bridgehead atoms. The molecule has 7 heavy (non-hydrogen) atoms. The molecular weight excluding hydrogens is 174 g/mol. The van der Waals surface area contributed by atoms with Gasteiger partial charge in [0, 0.05) is 10.4 Å². The predicted molar refractivity (Wildman–Crippen MR) is 10.5 cm³/mol. The number of hydrogen-bond donors (Lipinski definition) is 0. The Balaban J connectivity index is -0.0000000800. The quantitative estimate of drug-likeness (QED) is 0.211. The van der Waals surface area contributed by atoms with Crippen LogP contribution in [0.4, 0.5) is 0 Å². The molecule has 0 heterocycles. The van der Waals surface area contributed by atoms with Crippen LogP contribution in [0.5, 0.6) is 0 Å². The minimum absolute atomic E-state index is 0. The van der Waals surface area contributed by atoms with Crippen LogP contribution in [0.15, 0.2) is 0 Å². The van der Waals surface area contributed by atoms with E-state index in [1.807, 2.05) is 0 Å². The van der Waals surface area contributed by atoms with E-state index in [-0.39, 0.29) is 46.6 Å². The van der Waals surface area contributed by atoms with Crippen LogP contribution < -0.4 is 29.6 Å². The van der Waals surface area contributed by atoms with Crippen molar-refractivity contribution >= 4 is 10.4 Å². The summed E-state index contributed by atoms with van der Waals surface area (Å²) >= 11 is 0. The van der Waals surface area contributed by atoms with Crippen molar-refractivity contribution in [3.05, 3.63) is 0 Å². The van der Waals surface area contributed by atoms with E-state index in [0.29, 0.717) is 0 Å². The second-order valence-corrected chi connectivity index (χ2v) is 1.22. The normalized spacial score (nSPS) is 8.29. The largest absolute Gasteiger partial charge is 2.00 e. The molecular formula is MnNaO4S+. The van der Waals surface area contributed by atoms with Gasteiger partial charge >= 0.3 is 46.6 Å². The first-order valence-corrected chi connectivity index (χ1v) is 2.00. The van der Waals surface area contributed by atoms with Crippen molar-refractivity contribution in [2.24, 2.45) is 0 Å². The molecule has 0 aromatic carbocycles. The summed E-state index contributed by atoms with van der Waals surface area (Å²) in [5, 5.41) is 0. The van der Waals surface area contributed by atoms with E-state index in [1.54, 1.807) is 0 Å². The third kappa shape index (κ3) is 111. The second-order valence-electron chi connectivity index (χ2n) is 0.408. The molecule has 0 atom stereocenters. The zero-order valence-corrected chi connectivity index (χ0v) is 7.42. The monoisotopic (exact) mass is 174 g/mol. The van der Waals surface area contributed by atoms with Crippen molar-refractivity contribution in [2.75, 3.05) is 0 Å². The Hall–Kier alpha value is 1.39. The molecule has 4 nitrogen and oxygen atoms in total. The van der Waals surface area contributed by atoms with Gasteiger partial charge in [0.1, 0.15) is 0 Å². The van der Waals surface area contributed by atoms with Crippen LogP contribution in [0.25, 0.3) is 0 Å². The summed E-state index contributed by atoms with van der Waals surface area (Å²) in [6, 6.07) is 0. The summed E-state index contributed by atoms with van der Waals surface area (Å²) in [7, 11) is -5.17. The average Bonchev–Trinajstić information content (AvgIpc) is 0.722. The van der Waals surface area contributed by atoms with Gasteiger partial charge in [-0.2, -0.15) is 0 Å². The smallest absolute Gasteiger partial charge is 0.759 e. The van der Waals surface area contributed by atoms with Crippen LogP contribution >= 0.6 is 0 Å². The van der Waals surface area contributed by atoms with Gasteiger partial charge in [-0.1, -0.05) is 0 Å². The van der Waals surface area contributed by atoms with Crippen molar-refractivity contribution in [2.45, 2.75) is 0 Å². The van der Waals surface area contributed by atoms with Crippen molar-refractivity contribution in [1.29, 1.82) is 0 Å². The SMILES string of the molecule is O=S(=O)([O-])[O-].[Mn+2].[Na+]. The molecule has 0 aliphatic heterocycles. The Kier molecular flexibility index (Phi) is 12.4. The van der Waals surface area contributed by atoms with Crippen LogP contribution in [-0.4, -0.2) is 17.5 Å². The minimum atomic E-state index is -5.17. The molecule has 0 fully saturated rings. The Bertz CT molecular complexity index is 94.9. The molecule has 0 spiro atoms. The first-order valence-electron chi connectivity index (χ1n) is 0.667.